The topological polar surface area (TPSA) is 63.4 Å². The van der Waals surface area contributed by atoms with E-state index < -0.39 is 0 Å². The van der Waals surface area contributed by atoms with Crippen LogP contribution in [-0.4, -0.2) is 51.3 Å². The number of aryl methyl sites for hydroxylation is 4. The first-order valence-corrected chi connectivity index (χ1v) is 13.1. The molecule has 5 rings (SSSR count). The number of carbonyl (C=O) groups is 1. The SMILES string of the molecule is Cc1ccc(C)c(N2CCN(C(=O)CCCn3c(C)c4cnn(-c5ccccc5)c(=O)c4c3C)CC2)c1. The van der Waals surface area contributed by atoms with Crippen molar-refractivity contribution in [2.45, 2.75) is 47.1 Å². The second-order valence-electron chi connectivity index (χ2n) is 10.1. The van der Waals surface area contributed by atoms with Crippen LogP contribution in [0.1, 0.15) is 35.4 Å². The Morgan fingerprint density at radius 2 is 1.65 bits per heavy atom. The van der Waals surface area contributed by atoms with E-state index in [1.807, 2.05) is 49.1 Å². The number of fused-ring (bicyclic) bond motifs is 1. The maximum Gasteiger partial charge on any atom is 0.281 e. The number of aromatic nitrogens is 3. The number of benzene rings is 2. The van der Waals surface area contributed by atoms with Gasteiger partial charge in [-0.1, -0.05) is 30.3 Å². The summed E-state index contributed by atoms with van der Waals surface area (Å²) in [5.41, 5.74) is 6.41. The third-order valence-corrected chi connectivity index (χ3v) is 7.65. The summed E-state index contributed by atoms with van der Waals surface area (Å²) in [6.45, 7) is 12.2. The largest absolute Gasteiger partial charge is 0.368 e. The normalized spacial score (nSPS) is 13.9. The predicted octanol–water partition coefficient (Wildman–Crippen LogP) is 4.55. The summed E-state index contributed by atoms with van der Waals surface area (Å²) in [4.78, 5) is 30.7. The number of nitrogens with zero attached hydrogens (tertiary/aromatic N) is 5. The summed E-state index contributed by atoms with van der Waals surface area (Å²) in [6.07, 6.45) is 3.02. The molecule has 0 radical (unpaired) electrons. The number of piperazine rings is 1. The average Bonchev–Trinajstić information content (AvgIpc) is 3.16. The molecule has 1 fully saturated rings. The molecule has 1 amide bonds. The van der Waals surface area contributed by atoms with Crippen molar-refractivity contribution in [1.29, 1.82) is 0 Å². The van der Waals surface area contributed by atoms with Crippen molar-refractivity contribution in [1.82, 2.24) is 19.2 Å². The van der Waals surface area contributed by atoms with E-state index in [4.69, 9.17) is 0 Å². The summed E-state index contributed by atoms with van der Waals surface area (Å²) in [6, 6.07) is 16.0. The molecule has 0 aliphatic carbocycles. The fourth-order valence-electron chi connectivity index (χ4n) is 5.50. The number of rotatable bonds is 6. The highest BCUT2D eigenvalue weighted by Gasteiger charge is 2.22. The van der Waals surface area contributed by atoms with Crippen molar-refractivity contribution < 1.29 is 4.79 Å². The van der Waals surface area contributed by atoms with Crippen molar-refractivity contribution in [2.24, 2.45) is 0 Å². The first kappa shape index (κ1) is 24.8. The predicted molar refractivity (Wildman–Crippen MR) is 149 cm³/mol. The molecule has 2 aromatic heterocycles. The molecule has 2 aromatic carbocycles. The molecule has 7 nitrogen and oxygen atoms in total. The van der Waals surface area contributed by atoms with Gasteiger partial charge in [0.05, 0.1) is 17.3 Å². The van der Waals surface area contributed by atoms with Crippen molar-refractivity contribution in [3.05, 3.63) is 87.6 Å². The molecule has 0 bridgehead atoms. The maximum atomic E-state index is 13.3. The van der Waals surface area contributed by atoms with E-state index in [1.54, 1.807) is 6.20 Å². The van der Waals surface area contributed by atoms with Crippen LogP contribution in [0, 0.1) is 27.7 Å². The summed E-state index contributed by atoms with van der Waals surface area (Å²) in [5, 5.41) is 6.00. The van der Waals surface area contributed by atoms with Crippen molar-refractivity contribution in [2.75, 3.05) is 31.1 Å². The number of hydrogen-bond donors (Lipinski definition) is 0. The Kier molecular flexibility index (Phi) is 6.87. The van der Waals surface area contributed by atoms with Gasteiger partial charge in [0.15, 0.2) is 0 Å². The molecular weight excluding hydrogens is 462 g/mol. The van der Waals surface area contributed by atoms with E-state index in [1.165, 1.54) is 21.5 Å². The van der Waals surface area contributed by atoms with E-state index in [0.717, 1.165) is 55.1 Å². The molecule has 7 heteroatoms. The lowest BCUT2D eigenvalue weighted by molar-refractivity contribution is -0.131. The fourth-order valence-corrected chi connectivity index (χ4v) is 5.50. The van der Waals surface area contributed by atoms with Crippen LogP contribution in [0.3, 0.4) is 0 Å². The molecule has 1 aliphatic rings. The molecule has 37 heavy (non-hydrogen) atoms. The molecule has 4 aromatic rings. The molecule has 1 saturated heterocycles. The summed E-state index contributed by atoms with van der Waals surface area (Å²) < 4.78 is 3.62. The van der Waals surface area contributed by atoms with Gasteiger partial charge in [-0.15, -0.1) is 0 Å². The molecule has 0 spiro atoms. The second-order valence-corrected chi connectivity index (χ2v) is 10.1. The highest BCUT2D eigenvalue weighted by Crippen LogP contribution is 2.25. The van der Waals surface area contributed by atoms with E-state index in [9.17, 15) is 9.59 Å². The molecule has 3 heterocycles. The third kappa shape index (κ3) is 4.78. The molecule has 1 aliphatic heterocycles. The van der Waals surface area contributed by atoms with Gasteiger partial charge in [-0.2, -0.15) is 9.78 Å². The second kappa shape index (κ2) is 10.2. The first-order valence-electron chi connectivity index (χ1n) is 13.1. The van der Waals surface area contributed by atoms with E-state index >= 15 is 0 Å². The van der Waals surface area contributed by atoms with Crippen LogP contribution < -0.4 is 10.5 Å². The van der Waals surface area contributed by atoms with Crippen LogP contribution in [0.2, 0.25) is 0 Å². The van der Waals surface area contributed by atoms with Gasteiger partial charge in [0.25, 0.3) is 5.56 Å². The van der Waals surface area contributed by atoms with Crippen molar-refractivity contribution in [3.63, 3.8) is 0 Å². The van der Waals surface area contributed by atoms with Crippen LogP contribution in [0.25, 0.3) is 16.5 Å². The smallest absolute Gasteiger partial charge is 0.281 e. The van der Waals surface area contributed by atoms with Crippen LogP contribution in [0.5, 0.6) is 0 Å². The molecular formula is C30H35N5O2. The van der Waals surface area contributed by atoms with Gasteiger partial charge in [-0.25, -0.2) is 0 Å². The Morgan fingerprint density at radius 1 is 0.919 bits per heavy atom. The van der Waals surface area contributed by atoms with Crippen molar-refractivity contribution in [3.8, 4) is 5.69 Å². The van der Waals surface area contributed by atoms with Gasteiger partial charge < -0.3 is 14.4 Å². The minimum absolute atomic E-state index is 0.110. The molecule has 0 saturated carbocycles. The van der Waals surface area contributed by atoms with Crippen LogP contribution in [0.15, 0.2) is 59.5 Å². The van der Waals surface area contributed by atoms with E-state index in [0.29, 0.717) is 18.4 Å². The monoisotopic (exact) mass is 497 g/mol. The molecule has 0 N–H and O–H groups in total. The Bertz CT molecular complexity index is 1490. The highest BCUT2D eigenvalue weighted by molar-refractivity contribution is 5.87. The first-order chi connectivity index (χ1) is 17.8. The minimum atomic E-state index is -0.110. The van der Waals surface area contributed by atoms with Gasteiger partial charge in [-0.05, 0) is 63.4 Å². The zero-order valence-electron chi connectivity index (χ0n) is 22.2. The number of para-hydroxylation sites is 1. The zero-order valence-corrected chi connectivity index (χ0v) is 22.2. The molecule has 0 atom stereocenters. The maximum absolute atomic E-state index is 13.3. The fraction of sp³-hybridized carbons (Fsp3) is 0.367. The average molecular weight is 498 g/mol. The Morgan fingerprint density at radius 3 is 2.38 bits per heavy atom. The number of anilines is 1. The lowest BCUT2D eigenvalue weighted by Crippen LogP contribution is -2.49. The summed E-state index contributed by atoms with van der Waals surface area (Å²) in [5.74, 6) is 0.209. The quantitative estimate of drug-likeness (QED) is 0.392. The van der Waals surface area contributed by atoms with Gasteiger partial charge >= 0.3 is 0 Å². The highest BCUT2D eigenvalue weighted by atomic mass is 16.2. The van der Waals surface area contributed by atoms with E-state index in [2.05, 4.69) is 46.6 Å². The third-order valence-electron chi connectivity index (χ3n) is 7.65. The number of carbonyl (C=O) groups excluding carboxylic acids is 1. The van der Waals surface area contributed by atoms with Crippen molar-refractivity contribution >= 4 is 22.4 Å². The van der Waals surface area contributed by atoms with Crippen LogP contribution in [0.4, 0.5) is 5.69 Å². The minimum Gasteiger partial charge on any atom is -0.368 e. The Balaban J connectivity index is 1.23. The van der Waals surface area contributed by atoms with Gasteiger partial charge in [0, 0.05) is 61.6 Å². The number of amides is 1. The van der Waals surface area contributed by atoms with Crippen LogP contribution in [-0.2, 0) is 11.3 Å². The van der Waals surface area contributed by atoms with E-state index in [-0.39, 0.29) is 11.5 Å². The Labute approximate surface area is 217 Å². The Hall–Kier alpha value is -3.87. The lowest BCUT2D eigenvalue weighted by Gasteiger charge is -2.37. The lowest BCUT2D eigenvalue weighted by atomic mass is 10.1. The number of hydrogen-bond acceptors (Lipinski definition) is 4. The van der Waals surface area contributed by atoms with Gasteiger partial charge in [0.1, 0.15) is 0 Å². The van der Waals surface area contributed by atoms with Gasteiger partial charge in [0.2, 0.25) is 5.91 Å². The van der Waals surface area contributed by atoms with Crippen LogP contribution >= 0.6 is 0 Å². The molecule has 0 unspecified atom stereocenters. The summed E-state index contributed by atoms with van der Waals surface area (Å²) in [7, 11) is 0. The standard InChI is InChI=1S/C30H35N5O2/c1-21-12-13-22(2)27(19-21)32-15-17-33(18-16-32)28(36)11-8-14-34-23(3)26-20-31-35(25-9-6-5-7-10-25)30(37)29(26)24(34)4/h5-7,9-10,12-13,19-20H,8,11,14-18H2,1-4H3. The molecule has 192 valence electrons. The van der Waals surface area contributed by atoms with Gasteiger partial charge in [-0.3, -0.25) is 9.59 Å². The zero-order chi connectivity index (χ0) is 26.1. The summed E-state index contributed by atoms with van der Waals surface area (Å²) >= 11 is 0.